The molecule has 17 heavy (non-hydrogen) atoms. The van der Waals surface area contributed by atoms with Crippen LogP contribution in [0, 0.1) is 0 Å². The third kappa shape index (κ3) is 2.24. The molecule has 0 saturated heterocycles. The summed E-state index contributed by atoms with van der Waals surface area (Å²) in [5.41, 5.74) is 0.480. The fraction of sp³-hybridized carbons (Fsp3) is 0. The van der Waals surface area contributed by atoms with Crippen molar-refractivity contribution in [2.45, 2.75) is 0 Å². The summed E-state index contributed by atoms with van der Waals surface area (Å²) >= 11 is 0. The number of hydrogen-bond donors (Lipinski definition) is 2. The van der Waals surface area contributed by atoms with Gasteiger partial charge in [0.05, 0.1) is 11.0 Å². The molecule has 6 nitrogen and oxygen atoms in total. The Bertz CT molecular complexity index is 808. The first-order chi connectivity index (χ1) is 7.74. The first-order valence-electron chi connectivity index (χ1n) is 4.63. The SMILES string of the molecule is O=c1[nH]c(=O)c2nc3ccccc3nc2[nH]1.[KH]. The van der Waals surface area contributed by atoms with Gasteiger partial charge in [0.2, 0.25) is 0 Å². The third-order valence-electron chi connectivity index (χ3n) is 2.24. The average Bonchev–Trinajstić information content (AvgIpc) is 2.27. The topological polar surface area (TPSA) is 91.5 Å². The maximum atomic E-state index is 11.5. The van der Waals surface area contributed by atoms with E-state index in [0.29, 0.717) is 11.0 Å². The fourth-order valence-corrected chi connectivity index (χ4v) is 1.55. The second-order valence-corrected chi connectivity index (χ2v) is 3.32. The molecule has 0 aliphatic heterocycles. The fourth-order valence-electron chi connectivity index (χ4n) is 1.55. The monoisotopic (exact) mass is 254 g/mol. The number of fused-ring (bicyclic) bond motifs is 2. The van der Waals surface area contributed by atoms with Crippen LogP contribution in [0.5, 0.6) is 0 Å². The Morgan fingerprint density at radius 1 is 0.941 bits per heavy atom. The predicted molar refractivity (Wildman–Crippen MR) is 65.4 cm³/mol. The second-order valence-electron chi connectivity index (χ2n) is 3.32. The average molecular weight is 254 g/mol. The van der Waals surface area contributed by atoms with Crippen molar-refractivity contribution in [1.82, 2.24) is 19.9 Å². The molecule has 2 heterocycles. The number of benzene rings is 1. The van der Waals surface area contributed by atoms with Crippen LogP contribution in [-0.2, 0) is 0 Å². The number of para-hydroxylation sites is 2. The van der Waals surface area contributed by atoms with Crippen LogP contribution in [0.4, 0.5) is 0 Å². The van der Waals surface area contributed by atoms with E-state index in [0.717, 1.165) is 0 Å². The van der Waals surface area contributed by atoms with Crippen LogP contribution >= 0.6 is 0 Å². The van der Waals surface area contributed by atoms with Gasteiger partial charge in [-0.15, -0.1) is 0 Å². The van der Waals surface area contributed by atoms with E-state index in [9.17, 15) is 9.59 Å². The van der Waals surface area contributed by atoms with E-state index in [4.69, 9.17) is 0 Å². The number of aromatic nitrogens is 4. The Hall–Kier alpha value is -0.864. The first-order valence-corrected chi connectivity index (χ1v) is 4.63. The summed E-state index contributed by atoms with van der Waals surface area (Å²) in [5, 5.41) is 0. The summed E-state index contributed by atoms with van der Waals surface area (Å²) in [6.07, 6.45) is 0. The van der Waals surface area contributed by atoms with E-state index in [1.54, 1.807) is 12.1 Å². The van der Waals surface area contributed by atoms with Gasteiger partial charge >= 0.3 is 57.1 Å². The zero-order valence-corrected chi connectivity index (χ0v) is 8.02. The molecule has 0 atom stereocenters. The number of hydrogen-bond acceptors (Lipinski definition) is 4. The molecule has 1 aromatic carbocycles. The number of H-pyrrole nitrogens is 2. The molecule has 0 spiro atoms. The predicted octanol–water partition coefficient (Wildman–Crippen LogP) is -0.489. The molecule has 0 fully saturated rings. The molecule has 2 N–H and O–H groups in total. The zero-order valence-electron chi connectivity index (χ0n) is 8.02. The van der Waals surface area contributed by atoms with Gasteiger partial charge < -0.3 is 0 Å². The molecule has 0 aliphatic rings. The summed E-state index contributed by atoms with van der Waals surface area (Å²) in [6.45, 7) is 0. The normalized spacial score (nSPS) is 10.4. The van der Waals surface area contributed by atoms with Gasteiger partial charge in [-0.05, 0) is 12.1 Å². The van der Waals surface area contributed by atoms with E-state index in [-0.39, 0.29) is 62.5 Å². The summed E-state index contributed by atoms with van der Waals surface area (Å²) in [4.78, 5) is 35.4. The Morgan fingerprint density at radius 3 is 2.29 bits per heavy atom. The van der Waals surface area contributed by atoms with Crippen LogP contribution in [-0.4, -0.2) is 71.3 Å². The van der Waals surface area contributed by atoms with Gasteiger partial charge in [0.1, 0.15) is 0 Å². The van der Waals surface area contributed by atoms with Gasteiger partial charge in [-0.2, -0.15) is 0 Å². The number of nitrogens with one attached hydrogen (secondary N) is 2. The Labute approximate surface area is 137 Å². The van der Waals surface area contributed by atoms with Crippen LogP contribution < -0.4 is 11.2 Å². The van der Waals surface area contributed by atoms with Crippen molar-refractivity contribution in [1.29, 1.82) is 0 Å². The third-order valence-corrected chi connectivity index (χ3v) is 2.24. The minimum atomic E-state index is -0.581. The van der Waals surface area contributed by atoms with Crippen molar-refractivity contribution in [3.63, 3.8) is 0 Å². The summed E-state index contributed by atoms with van der Waals surface area (Å²) < 4.78 is 0. The second kappa shape index (κ2) is 4.79. The van der Waals surface area contributed by atoms with Gasteiger partial charge in [-0.1, -0.05) is 12.1 Å². The molecule has 0 radical (unpaired) electrons. The van der Waals surface area contributed by atoms with Crippen molar-refractivity contribution >= 4 is 73.6 Å². The molecule has 3 rings (SSSR count). The summed E-state index contributed by atoms with van der Waals surface area (Å²) in [5.74, 6) is 0. The Balaban J connectivity index is 0.00000108. The van der Waals surface area contributed by atoms with E-state index in [1.807, 2.05) is 12.1 Å². The summed E-state index contributed by atoms with van der Waals surface area (Å²) in [7, 11) is 0. The standard InChI is InChI=1S/C10H6N4O2.K.H/c15-9-7-8(13-10(16)14-9)12-6-4-2-1-3-5(6)11-7;;/h1-4H,(H2,12,13,14,15,16);;. The molecule has 0 saturated carbocycles. The van der Waals surface area contributed by atoms with Crippen LogP contribution in [0.1, 0.15) is 0 Å². The number of nitrogens with zero attached hydrogens (tertiary/aromatic N) is 2. The maximum absolute atomic E-state index is 11.5. The van der Waals surface area contributed by atoms with Crippen LogP contribution in [0.3, 0.4) is 0 Å². The van der Waals surface area contributed by atoms with Crippen molar-refractivity contribution in [2.75, 3.05) is 0 Å². The van der Waals surface area contributed by atoms with Crippen LogP contribution in [0.2, 0.25) is 0 Å². The Morgan fingerprint density at radius 2 is 1.59 bits per heavy atom. The van der Waals surface area contributed by atoms with Gasteiger partial charge in [-0.25, -0.2) is 14.8 Å². The van der Waals surface area contributed by atoms with Crippen molar-refractivity contribution in [2.24, 2.45) is 0 Å². The van der Waals surface area contributed by atoms with E-state index >= 15 is 0 Å². The van der Waals surface area contributed by atoms with E-state index in [1.165, 1.54) is 0 Å². The molecule has 80 valence electrons. The Kier molecular flexibility index (Phi) is 3.55. The van der Waals surface area contributed by atoms with Crippen LogP contribution in [0.25, 0.3) is 22.2 Å². The molecule has 0 amide bonds. The minimum absolute atomic E-state index is 0. The molecular formula is C10H7KN4O2. The van der Waals surface area contributed by atoms with Crippen molar-refractivity contribution < 1.29 is 0 Å². The van der Waals surface area contributed by atoms with Crippen LogP contribution in [0.15, 0.2) is 33.9 Å². The van der Waals surface area contributed by atoms with E-state index in [2.05, 4.69) is 19.9 Å². The number of aromatic amines is 2. The first kappa shape index (κ1) is 12.6. The number of rotatable bonds is 0. The van der Waals surface area contributed by atoms with Crippen molar-refractivity contribution in [3.05, 3.63) is 45.1 Å². The zero-order chi connectivity index (χ0) is 11.1. The van der Waals surface area contributed by atoms with Gasteiger partial charge in [0.25, 0.3) is 5.56 Å². The molecular weight excluding hydrogens is 247 g/mol. The molecule has 7 heteroatoms. The molecule has 0 aliphatic carbocycles. The van der Waals surface area contributed by atoms with Gasteiger partial charge in [0.15, 0.2) is 11.2 Å². The molecule has 0 unspecified atom stereocenters. The molecule has 2 aromatic heterocycles. The summed E-state index contributed by atoms with van der Waals surface area (Å²) in [6, 6.07) is 7.14. The van der Waals surface area contributed by atoms with E-state index < -0.39 is 11.2 Å². The quantitative estimate of drug-likeness (QED) is 0.418. The van der Waals surface area contributed by atoms with Crippen molar-refractivity contribution in [3.8, 4) is 0 Å². The molecule has 3 aromatic rings. The van der Waals surface area contributed by atoms with Gasteiger partial charge in [-0.3, -0.25) is 14.8 Å². The molecule has 0 bridgehead atoms. The van der Waals surface area contributed by atoms with Gasteiger partial charge in [0, 0.05) is 0 Å².